The molecule has 0 bridgehead atoms. The van der Waals surface area contributed by atoms with Gasteiger partial charge in [0, 0.05) is 30.8 Å². The third-order valence-corrected chi connectivity index (χ3v) is 4.40. The Bertz CT molecular complexity index is 691. The Morgan fingerprint density at radius 3 is 2.64 bits per heavy atom. The van der Waals surface area contributed by atoms with Crippen LogP contribution in [0.25, 0.3) is 0 Å². The van der Waals surface area contributed by atoms with E-state index in [2.05, 4.69) is 22.3 Å². The SMILES string of the molecule is Cc1cc(O[C@@H](C)C(=O)NCCCN(C)c2ccccc2)ccc1Cl. The summed E-state index contributed by atoms with van der Waals surface area (Å²) < 4.78 is 5.68. The largest absolute Gasteiger partial charge is 0.481 e. The molecule has 0 aliphatic heterocycles. The average Bonchev–Trinajstić information content (AvgIpc) is 2.62. The molecule has 0 saturated carbocycles. The molecule has 0 aliphatic rings. The number of hydrogen-bond donors (Lipinski definition) is 1. The molecular formula is C20H25ClN2O2. The predicted octanol–water partition coefficient (Wildman–Crippen LogP) is 4.06. The molecule has 0 saturated heterocycles. The standard InChI is InChI=1S/C20H25ClN2O2/c1-15-14-18(10-11-19(15)21)25-16(2)20(24)22-12-7-13-23(3)17-8-5-4-6-9-17/h4-6,8-11,14,16H,7,12-13H2,1-3H3,(H,22,24)/t16-/m0/s1. The van der Waals surface area contributed by atoms with Gasteiger partial charge in [-0.05, 0) is 56.2 Å². The molecule has 1 amide bonds. The summed E-state index contributed by atoms with van der Waals surface area (Å²) in [4.78, 5) is 14.3. The number of aryl methyl sites for hydroxylation is 1. The van der Waals surface area contributed by atoms with E-state index in [4.69, 9.17) is 16.3 Å². The van der Waals surface area contributed by atoms with E-state index < -0.39 is 6.10 Å². The van der Waals surface area contributed by atoms with Gasteiger partial charge in [-0.25, -0.2) is 0 Å². The predicted molar refractivity (Wildman–Crippen MR) is 104 cm³/mol. The van der Waals surface area contributed by atoms with E-state index in [1.165, 1.54) is 5.69 Å². The third kappa shape index (κ3) is 5.98. The minimum atomic E-state index is -0.549. The van der Waals surface area contributed by atoms with Crippen molar-refractivity contribution in [1.29, 1.82) is 0 Å². The van der Waals surface area contributed by atoms with Gasteiger partial charge >= 0.3 is 0 Å². The first-order valence-electron chi connectivity index (χ1n) is 8.44. The number of nitrogens with zero attached hydrogens (tertiary/aromatic N) is 1. The van der Waals surface area contributed by atoms with E-state index in [0.29, 0.717) is 17.3 Å². The molecule has 134 valence electrons. The first-order valence-corrected chi connectivity index (χ1v) is 8.82. The number of carbonyl (C=O) groups is 1. The van der Waals surface area contributed by atoms with Crippen molar-refractivity contribution in [1.82, 2.24) is 5.32 Å². The van der Waals surface area contributed by atoms with Gasteiger partial charge in [-0.3, -0.25) is 4.79 Å². The van der Waals surface area contributed by atoms with E-state index in [-0.39, 0.29) is 5.91 Å². The Kier molecular flexibility index (Phi) is 7.14. The van der Waals surface area contributed by atoms with Crippen molar-refractivity contribution in [3.63, 3.8) is 0 Å². The van der Waals surface area contributed by atoms with Crippen molar-refractivity contribution in [2.45, 2.75) is 26.4 Å². The fraction of sp³-hybridized carbons (Fsp3) is 0.350. The van der Waals surface area contributed by atoms with E-state index in [1.807, 2.05) is 38.2 Å². The molecule has 0 spiro atoms. The van der Waals surface area contributed by atoms with Crippen LogP contribution in [-0.4, -0.2) is 32.1 Å². The zero-order valence-electron chi connectivity index (χ0n) is 15.0. The lowest BCUT2D eigenvalue weighted by Gasteiger charge is -2.20. The van der Waals surface area contributed by atoms with Gasteiger partial charge in [0.05, 0.1) is 0 Å². The Morgan fingerprint density at radius 2 is 1.96 bits per heavy atom. The Morgan fingerprint density at radius 1 is 1.24 bits per heavy atom. The van der Waals surface area contributed by atoms with Crippen LogP contribution in [0, 0.1) is 6.92 Å². The first-order chi connectivity index (χ1) is 12.0. The second-order valence-electron chi connectivity index (χ2n) is 6.07. The lowest BCUT2D eigenvalue weighted by atomic mass is 10.2. The molecule has 2 aromatic carbocycles. The van der Waals surface area contributed by atoms with Crippen LogP contribution in [-0.2, 0) is 4.79 Å². The van der Waals surface area contributed by atoms with Crippen LogP contribution in [0.4, 0.5) is 5.69 Å². The maximum Gasteiger partial charge on any atom is 0.260 e. The van der Waals surface area contributed by atoms with Gasteiger partial charge in [0.2, 0.25) is 0 Å². The summed E-state index contributed by atoms with van der Waals surface area (Å²) in [6.07, 6.45) is 0.316. The van der Waals surface area contributed by atoms with Crippen molar-refractivity contribution in [3.05, 3.63) is 59.1 Å². The average molecular weight is 361 g/mol. The van der Waals surface area contributed by atoms with Crippen LogP contribution in [0.5, 0.6) is 5.75 Å². The number of halogens is 1. The van der Waals surface area contributed by atoms with Crippen molar-refractivity contribution in [3.8, 4) is 5.75 Å². The van der Waals surface area contributed by atoms with Crippen LogP contribution >= 0.6 is 11.6 Å². The lowest BCUT2D eigenvalue weighted by Crippen LogP contribution is -2.37. The molecule has 1 atom stereocenters. The van der Waals surface area contributed by atoms with Crippen LogP contribution in [0.1, 0.15) is 18.9 Å². The Hall–Kier alpha value is -2.20. The molecule has 0 heterocycles. The summed E-state index contributed by atoms with van der Waals surface area (Å²) in [7, 11) is 2.05. The summed E-state index contributed by atoms with van der Waals surface area (Å²) in [5.41, 5.74) is 2.10. The van der Waals surface area contributed by atoms with Crippen molar-refractivity contribution in [2.75, 3.05) is 25.0 Å². The Balaban J connectivity index is 1.71. The minimum Gasteiger partial charge on any atom is -0.481 e. The monoisotopic (exact) mass is 360 g/mol. The fourth-order valence-corrected chi connectivity index (χ4v) is 2.55. The Labute approximate surface area is 154 Å². The highest BCUT2D eigenvalue weighted by atomic mass is 35.5. The number of amides is 1. The lowest BCUT2D eigenvalue weighted by molar-refractivity contribution is -0.127. The molecule has 25 heavy (non-hydrogen) atoms. The van der Waals surface area contributed by atoms with E-state index in [1.54, 1.807) is 19.1 Å². The molecular weight excluding hydrogens is 336 g/mol. The molecule has 1 N–H and O–H groups in total. The number of anilines is 1. The summed E-state index contributed by atoms with van der Waals surface area (Å²) in [5.74, 6) is 0.531. The molecule has 5 heteroatoms. The number of hydrogen-bond acceptors (Lipinski definition) is 3. The van der Waals surface area contributed by atoms with Gasteiger partial charge in [-0.1, -0.05) is 29.8 Å². The number of nitrogens with one attached hydrogen (secondary N) is 1. The molecule has 0 aromatic heterocycles. The highest BCUT2D eigenvalue weighted by molar-refractivity contribution is 6.31. The summed E-state index contributed by atoms with van der Waals surface area (Å²) >= 11 is 6.00. The van der Waals surface area contributed by atoms with E-state index in [0.717, 1.165) is 18.5 Å². The molecule has 4 nitrogen and oxygen atoms in total. The zero-order valence-corrected chi connectivity index (χ0v) is 15.7. The smallest absolute Gasteiger partial charge is 0.260 e. The van der Waals surface area contributed by atoms with Gasteiger partial charge in [0.15, 0.2) is 6.10 Å². The number of benzene rings is 2. The molecule has 2 rings (SSSR count). The van der Waals surface area contributed by atoms with Crippen LogP contribution in [0.3, 0.4) is 0 Å². The van der Waals surface area contributed by atoms with E-state index in [9.17, 15) is 4.79 Å². The summed E-state index contributed by atoms with van der Waals surface area (Å²) in [5, 5.41) is 3.61. The molecule has 0 fully saturated rings. The highest BCUT2D eigenvalue weighted by Crippen LogP contribution is 2.21. The molecule has 2 aromatic rings. The van der Waals surface area contributed by atoms with Gasteiger partial charge in [0.1, 0.15) is 5.75 Å². The van der Waals surface area contributed by atoms with Gasteiger partial charge in [-0.15, -0.1) is 0 Å². The molecule has 0 aliphatic carbocycles. The second-order valence-corrected chi connectivity index (χ2v) is 6.48. The topological polar surface area (TPSA) is 41.6 Å². The minimum absolute atomic E-state index is 0.116. The summed E-state index contributed by atoms with van der Waals surface area (Å²) in [6.45, 7) is 5.14. The molecule has 0 radical (unpaired) electrons. The van der Waals surface area contributed by atoms with Gasteiger partial charge < -0.3 is 15.0 Å². The zero-order chi connectivity index (χ0) is 18.2. The van der Waals surface area contributed by atoms with Crippen molar-refractivity contribution < 1.29 is 9.53 Å². The third-order valence-electron chi connectivity index (χ3n) is 3.98. The quantitative estimate of drug-likeness (QED) is 0.722. The van der Waals surface area contributed by atoms with Crippen molar-refractivity contribution in [2.24, 2.45) is 0 Å². The maximum absolute atomic E-state index is 12.1. The highest BCUT2D eigenvalue weighted by Gasteiger charge is 2.14. The summed E-state index contributed by atoms with van der Waals surface area (Å²) in [6, 6.07) is 15.6. The van der Waals surface area contributed by atoms with Crippen LogP contribution < -0.4 is 15.0 Å². The fourth-order valence-electron chi connectivity index (χ4n) is 2.43. The number of carbonyl (C=O) groups excluding carboxylic acids is 1. The van der Waals surface area contributed by atoms with E-state index >= 15 is 0 Å². The van der Waals surface area contributed by atoms with Crippen LogP contribution in [0.15, 0.2) is 48.5 Å². The van der Waals surface area contributed by atoms with Crippen molar-refractivity contribution >= 4 is 23.2 Å². The first kappa shape index (κ1) is 19.1. The second kappa shape index (κ2) is 9.33. The van der Waals surface area contributed by atoms with Gasteiger partial charge in [-0.2, -0.15) is 0 Å². The molecule has 0 unspecified atom stereocenters. The maximum atomic E-state index is 12.1. The van der Waals surface area contributed by atoms with Gasteiger partial charge in [0.25, 0.3) is 5.91 Å². The van der Waals surface area contributed by atoms with Crippen LogP contribution in [0.2, 0.25) is 5.02 Å². The number of ether oxygens (including phenoxy) is 1. The normalized spacial score (nSPS) is 11.7. The number of para-hydroxylation sites is 1. The number of rotatable bonds is 8.